The Hall–Kier alpha value is -2.74. The Labute approximate surface area is 170 Å². The summed E-state index contributed by atoms with van der Waals surface area (Å²) in [5.74, 6) is -1.24. The van der Waals surface area contributed by atoms with Gasteiger partial charge in [-0.2, -0.15) is 0 Å². The van der Waals surface area contributed by atoms with E-state index < -0.39 is 23.4 Å². The molecule has 1 aliphatic heterocycles. The van der Waals surface area contributed by atoms with Crippen molar-refractivity contribution in [1.29, 1.82) is 0 Å². The van der Waals surface area contributed by atoms with Crippen LogP contribution in [-0.2, 0) is 21.7 Å². The standard InChI is InChI=1S/C20H19BrFN3O3/c1-20(14-4-3-5-15(21)10-14)18(27)25(19(28)23-20)12-17(26)24(2)11-13-6-8-16(22)9-7-13/h3-10H,11-12H2,1-2H3,(H,23,28). The lowest BCUT2D eigenvalue weighted by molar-refractivity contribution is -0.138. The summed E-state index contributed by atoms with van der Waals surface area (Å²) in [5, 5.41) is 2.68. The van der Waals surface area contributed by atoms with E-state index in [2.05, 4.69) is 21.2 Å². The van der Waals surface area contributed by atoms with E-state index in [1.54, 1.807) is 44.3 Å². The molecule has 0 radical (unpaired) electrons. The summed E-state index contributed by atoms with van der Waals surface area (Å²) in [7, 11) is 1.57. The number of benzene rings is 2. The van der Waals surface area contributed by atoms with Crippen LogP contribution in [0, 0.1) is 5.82 Å². The summed E-state index contributed by atoms with van der Waals surface area (Å²) < 4.78 is 13.8. The maximum absolute atomic E-state index is 13.0. The molecule has 0 aromatic heterocycles. The molecule has 1 N–H and O–H groups in total. The molecule has 1 fully saturated rings. The summed E-state index contributed by atoms with van der Waals surface area (Å²) in [4.78, 5) is 40.1. The average molecular weight is 448 g/mol. The summed E-state index contributed by atoms with van der Waals surface area (Å²) in [6, 6.07) is 12.3. The molecule has 3 rings (SSSR count). The van der Waals surface area contributed by atoms with Crippen LogP contribution in [0.5, 0.6) is 0 Å². The molecule has 0 bridgehead atoms. The molecule has 0 saturated carbocycles. The number of nitrogens with one attached hydrogen (secondary N) is 1. The number of rotatable bonds is 5. The first-order valence-electron chi connectivity index (χ1n) is 8.59. The number of amides is 4. The van der Waals surface area contributed by atoms with Gasteiger partial charge in [-0.3, -0.25) is 14.5 Å². The monoisotopic (exact) mass is 447 g/mol. The third-order valence-electron chi connectivity index (χ3n) is 4.73. The molecule has 1 heterocycles. The van der Waals surface area contributed by atoms with Crippen LogP contribution in [-0.4, -0.2) is 41.2 Å². The van der Waals surface area contributed by atoms with E-state index in [1.807, 2.05) is 6.07 Å². The van der Waals surface area contributed by atoms with Crippen LogP contribution < -0.4 is 5.32 Å². The van der Waals surface area contributed by atoms with Gasteiger partial charge in [-0.15, -0.1) is 0 Å². The lowest BCUT2D eigenvalue weighted by atomic mass is 9.92. The smallest absolute Gasteiger partial charge is 0.325 e. The van der Waals surface area contributed by atoms with E-state index >= 15 is 0 Å². The number of halogens is 2. The van der Waals surface area contributed by atoms with E-state index in [0.29, 0.717) is 5.56 Å². The second-order valence-corrected chi connectivity index (χ2v) is 7.75. The molecule has 2 aromatic carbocycles. The molecule has 0 spiro atoms. The largest absolute Gasteiger partial charge is 0.340 e. The van der Waals surface area contributed by atoms with Crippen LogP contribution in [0.25, 0.3) is 0 Å². The fourth-order valence-electron chi connectivity index (χ4n) is 3.04. The number of imide groups is 1. The molecule has 2 aromatic rings. The van der Waals surface area contributed by atoms with Crippen LogP contribution in [0.15, 0.2) is 53.0 Å². The number of hydrogen-bond donors (Lipinski definition) is 1. The van der Waals surface area contributed by atoms with Gasteiger partial charge in [-0.25, -0.2) is 9.18 Å². The summed E-state index contributed by atoms with van der Waals surface area (Å²) in [6.45, 7) is 1.49. The fourth-order valence-corrected chi connectivity index (χ4v) is 3.44. The lowest BCUT2D eigenvalue weighted by Gasteiger charge is -2.23. The van der Waals surface area contributed by atoms with Crippen molar-refractivity contribution in [2.45, 2.75) is 19.0 Å². The molecule has 28 heavy (non-hydrogen) atoms. The molecule has 1 atom stereocenters. The van der Waals surface area contributed by atoms with E-state index in [1.165, 1.54) is 17.0 Å². The minimum absolute atomic E-state index is 0.242. The number of carbonyl (C=O) groups is 3. The van der Waals surface area contributed by atoms with E-state index in [4.69, 9.17) is 0 Å². The fraction of sp³-hybridized carbons (Fsp3) is 0.250. The molecule has 4 amide bonds. The van der Waals surface area contributed by atoms with Gasteiger partial charge >= 0.3 is 6.03 Å². The Morgan fingerprint density at radius 3 is 2.54 bits per heavy atom. The summed E-state index contributed by atoms with van der Waals surface area (Å²) >= 11 is 3.36. The van der Waals surface area contributed by atoms with E-state index in [-0.39, 0.29) is 18.9 Å². The zero-order valence-electron chi connectivity index (χ0n) is 15.4. The zero-order valence-corrected chi connectivity index (χ0v) is 17.0. The van der Waals surface area contributed by atoms with Gasteiger partial charge in [-0.1, -0.05) is 40.2 Å². The maximum Gasteiger partial charge on any atom is 0.325 e. The van der Waals surface area contributed by atoms with E-state index in [9.17, 15) is 18.8 Å². The highest BCUT2D eigenvalue weighted by Gasteiger charge is 2.49. The molecular weight excluding hydrogens is 429 g/mol. The van der Waals surface area contributed by atoms with Crippen molar-refractivity contribution in [1.82, 2.24) is 15.1 Å². The Morgan fingerprint density at radius 2 is 1.89 bits per heavy atom. The normalized spacial score (nSPS) is 18.9. The van der Waals surface area contributed by atoms with Crippen molar-refractivity contribution in [2.75, 3.05) is 13.6 Å². The van der Waals surface area contributed by atoms with Gasteiger partial charge in [0.2, 0.25) is 5.91 Å². The first-order chi connectivity index (χ1) is 13.2. The summed E-state index contributed by atoms with van der Waals surface area (Å²) in [5.41, 5.74) is 0.125. The van der Waals surface area contributed by atoms with Gasteiger partial charge in [0.25, 0.3) is 5.91 Å². The highest BCUT2D eigenvalue weighted by Crippen LogP contribution is 2.30. The van der Waals surface area contributed by atoms with Gasteiger partial charge in [-0.05, 0) is 42.3 Å². The minimum Gasteiger partial charge on any atom is -0.340 e. The van der Waals surface area contributed by atoms with Gasteiger partial charge in [0.15, 0.2) is 0 Å². The highest BCUT2D eigenvalue weighted by molar-refractivity contribution is 9.10. The number of nitrogens with zero attached hydrogens (tertiary/aromatic N) is 2. The second-order valence-electron chi connectivity index (χ2n) is 6.83. The maximum atomic E-state index is 13.0. The Morgan fingerprint density at radius 1 is 1.21 bits per heavy atom. The van der Waals surface area contributed by atoms with Crippen molar-refractivity contribution < 1.29 is 18.8 Å². The molecule has 146 valence electrons. The zero-order chi connectivity index (χ0) is 20.5. The molecule has 8 heteroatoms. The molecule has 1 saturated heterocycles. The van der Waals surface area contributed by atoms with Gasteiger partial charge in [0.1, 0.15) is 17.9 Å². The quantitative estimate of drug-likeness (QED) is 0.716. The van der Waals surface area contributed by atoms with Gasteiger partial charge in [0, 0.05) is 18.1 Å². The van der Waals surface area contributed by atoms with Gasteiger partial charge < -0.3 is 10.2 Å². The van der Waals surface area contributed by atoms with Crippen molar-refractivity contribution in [3.05, 3.63) is 69.9 Å². The van der Waals surface area contributed by atoms with Crippen LogP contribution in [0.1, 0.15) is 18.1 Å². The number of hydrogen-bond acceptors (Lipinski definition) is 3. The lowest BCUT2D eigenvalue weighted by Crippen LogP contribution is -2.43. The van der Waals surface area contributed by atoms with Crippen LogP contribution in [0.4, 0.5) is 9.18 Å². The van der Waals surface area contributed by atoms with Crippen LogP contribution in [0.3, 0.4) is 0 Å². The molecule has 0 aliphatic carbocycles. The predicted molar refractivity (Wildman–Crippen MR) is 105 cm³/mol. The Bertz CT molecular complexity index is 935. The minimum atomic E-state index is -1.24. The van der Waals surface area contributed by atoms with Crippen LogP contribution in [0.2, 0.25) is 0 Å². The molecule has 1 unspecified atom stereocenters. The van der Waals surface area contributed by atoms with Crippen molar-refractivity contribution in [2.24, 2.45) is 0 Å². The van der Waals surface area contributed by atoms with Crippen LogP contribution >= 0.6 is 15.9 Å². The third kappa shape index (κ3) is 3.91. The van der Waals surface area contributed by atoms with Gasteiger partial charge in [0.05, 0.1) is 0 Å². The highest BCUT2D eigenvalue weighted by atomic mass is 79.9. The Balaban J connectivity index is 1.71. The second kappa shape index (κ2) is 7.71. The first-order valence-corrected chi connectivity index (χ1v) is 9.38. The van der Waals surface area contributed by atoms with Crippen molar-refractivity contribution in [3.63, 3.8) is 0 Å². The number of carbonyl (C=O) groups excluding carboxylic acids is 3. The number of likely N-dealkylation sites (N-methyl/N-ethyl adjacent to an activating group) is 1. The van der Waals surface area contributed by atoms with E-state index in [0.717, 1.165) is 14.9 Å². The first kappa shape index (κ1) is 20.0. The molecule has 1 aliphatic rings. The summed E-state index contributed by atoms with van der Waals surface area (Å²) in [6.07, 6.45) is 0. The molecule has 6 nitrogen and oxygen atoms in total. The average Bonchev–Trinajstić information content (AvgIpc) is 2.87. The number of urea groups is 1. The third-order valence-corrected chi connectivity index (χ3v) is 5.22. The van der Waals surface area contributed by atoms with Crippen molar-refractivity contribution >= 4 is 33.8 Å². The predicted octanol–water partition coefficient (Wildman–Crippen LogP) is 3.01. The SMILES string of the molecule is CN(Cc1ccc(F)cc1)C(=O)CN1C(=O)NC(C)(c2cccc(Br)c2)C1=O. The topological polar surface area (TPSA) is 69.7 Å². The molecular formula is C20H19BrFN3O3. The Kier molecular flexibility index (Phi) is 5.51. The van der Waals surface area contributed by atoms with Crippen molar-refractivity contribution in [3.8, 4) is 0 Å².